The average molecular weight is 488 g/mol. The Hall–Kier alpha value is -3.18. The van der Waals surface area contributed by atoms with Gasteiger partial charge in [0.15, 0.2) is 0 Å². The SMILES string of the molecule is Cc1cncc(C(=O)Nc2c[nH]c3ncc(Br)c(N4CCC[C@@H](N(N)C(=O)O)C4)c23)c1. The molecule has 2 amide bonds. The van der Waals surface area contributed by atoms with Crippen LogP contribution in [-0.2, 0) is 0 Å². The molecule has 0 saturated carbocycles. The van der Waals surface area contributed by atoms with Crippen LogP contribution in [0.15, 0.2) is 35.3 Å². The number of nitrogens with zero attached hydrogens (tertiary/aromatic N) is 4. The molecule has 0 aromatic carbocycles. The number of aromatic amines is 1. The Morgan fingerprint density at radius 2 is 2.19 bits per heavy atom. The van der Waals surface area contributed by atoms with E-state index in [0.717, 1.165) is 39.1 Å². The summed E-state index contributed by atoms with van der Waals surface area (Å²) in [4.78, 5) is 37.8. The predicted octanol–water partition coefficient (Wildman–Crippen LogP) is 3.10. The molecule has 5 N–H and O–H groups in total. The normalized spacial score (nSPS) is 16.4. The van der Waals surface area contributed by atoms with Gasteiger partial charge in [-0.1, -0.05) is 0 Å². The van der Waals surface area contributed by atoms with Crippen molar-refractivity contribution in [2.45, 2.75) is 25.8 Å². The van der Waals surface area contributed by atoms with E-state index in [4.69, 9.17) is 5.84 Å². The Kier molecular flexibility index (Phi) is 5.79. The van der Waals surface area contributed by atoms with Crippen molar-refractivity contribution < 1.29 is 14.7 Å². The largest absolute Gasteiger partial charge is 0.464 e. The van der Waals surface area contributed by atoms with Crippen molar-refractivity contribution in [2.75, 3.05) is 23.3 Å². The number of hydrazine groups is 1. The van der Waals surface area contributed by atoms with E-state index >= 15 is 0 Å². The number of piperidine rings is 1. The number of anilines is 2. The number of carbonyl (C=O) groups excluding carboxylic acids is 1. The smallest absolute Gasteiger partial charge is 0.421 e. The van der Waals surface area contributed by atoms with Gasteiger partial charge in [0.05, 0.1) is 32.8 Å². The van der Waals surface area contributed by atoms with Crippen molar-refractivity contribution in [2.24, 2.45) is 5.84 Å². The average Bonchev–Trinajstić information content (AvgIpc) is 3.15. The Balaban J connectivity index is 1.69. The number of aryl methyl sites for hydroxylation is 1. The summed E-state index contributed by atoms with van der Waals surface area (Å²) in [5.74, 6) is 5.47. The Morgan fingerprint density at radius 3 is 2.94 bits per heavy atom. The first-order chi connectivity index (χ1) is 14.8. The predicted molar refractivity (Wildman–Crippen MR) is 120 cm³/mol. The lowest BCUT2D eigenvalue weighted by Gasteiger charge is -2.38. The van der Waals surface area contributed by atoms with Crippen molar-refractivity contribution >= 4 is 50.3 Å². The van der Waals surface area contributed by atoms with Crippen LogP contribution in [0.3, 0.4) is 0 Å². The number of H-pyrrole nitrogens is 1. The summed E-state index contributed by atoms with van der Waals surface area (Å²) in [6.07, 6.45) is 6.89. The topological polar surface area (TPSA) is 140 Å². The molecule has 162 valence electrons. The molecule has 1 saturated heterocycles. The van der Waals surface area contributed by atoms with Crippen LogP contribution < -0.4 is 16.1 Å². The van der Waals surface area contributed by atoms with Gasteiger partial charge in [0, 0.05) is 37.9 Å². The molecule has 4 rings (SSSR count). The molecule has 0 spiro atoms. The summed E-state index contributed by atoms with van der Waals surface area (Å²) in [7, 11) is 0. The fraction of sp³-hybridized carbons (Fsp3) is 0.300. The highest BCUT2D eigenvalue weighted by Crippen LogP contribution is 2.39. The first kappa shape index (κ1) is 21.1. The van der Waals surface area contributed by atoms with Crippen LogP contribution in [0.5, 0.6) is 0 Å². The van der Waals surface area contributed by atoms with Crippen molar-refractivity contribution in [3.8, 4) is 0 Å². The molecule has 10 nitrogen and oxygen atoms in total. The van der Waals surface area contributed by atoms with Gasteiger partial charge in [-0.05, 0) is 47.3 Å². The Bertz CT molecular complexity index is 1150. The van der Waals surface area contributed by atoms with Crippen LogP contribution in [0.25, 0.3) is 11.0 Å². The molecule has 31 heavy (non-hydrogen) atoms. The van der Waals surface area contributed by atoms with E-state index in [-0.39, 0.29) is 11.9 Å². The summed E-state index contributed by atoms with van der Waals surface area (Å²) in [5.41, 5.74) is 3.36. The highest BCUT2D eigenvalue weighted by molar-refractivity contribution is 9.10. The third kappa shape index (κ3) is 4.19. The highest BCUT2D eigenvalue weighted by atomic mass is 79.9. The number of hydrogen-bond acceptors (Lipinski definition) is 6. The number of rotatable bonds is 4. The van der Waals surface area contributed by atoms with Crippen LogP contribution in [-0.4, -0.2) is 56.2 Å². The van der Waals surface area contributed by atoms with Crippen molar-refractivity contribution in [3.63, 3.8) is 0 Å². The monoisotopic (exact) mass is 487 g/mol. The molecule has 0 unspecified atom stereocenters. The fourth-order valence-corrected chi connectivity index (χ4v) is 4.43. The van der Waals surface area contributed by atoms with E-state index in [1.165, 1.54) is 6.20 Å². The van der Waals surface area contributed by atoms with Gasteiger partial charge >= 0.3 is 6.09 Å². The minimum atomic E-state index is -1.16. The first-order valence-electron chi connectivity index (χ1n) is 9.75. The van der Waals surface area contributed by atoms with Gasteiger partial charge in [-0.25, -0.2) is 20.6 Å². The summed E-state index contributed by atoms with van der Waals surface area (Å²) < 4.78 is 0.742. The van der Waals surface area contributed by atoms with E-state index in [2.05, 4.69) is 41.1 Å². The zero-order valence-electron chi connectivity index (χ0n) is 16.8. The van der Waals surface area contributed by atoms with Gasteiger partial charge in [-0.15, -0.1) is 0 Å². The van der Waals surface area contributed by atoms with Crippen LogP contribution >= 0.6 is 15.9 Å². The quantitative estimate of drug-likeness (QED) is 0.251. The second-order valence-electron chi connectivity index (χ2n) is 7.52. The number of fused-ring (bicyclic) bond motifs is 1. The minimum absolute atomic E-state index is 0.279. The zero-order chi connectivity index (χ0) is 22.1. The van der Waals surface area contributed by atoms with Crippen molar-refractivity contribution in [3.05, 3.63) is 46.5 Å². The van der Waals surface area contributed by atoms with Crippen molar-refractivity contribution in [1.29, 1.82) is 0 Å². The molecule has 0 aliphatic carbocycles. The second kappa shape index (κ2) is 8.52. The molecule has 3 aromatic heterocycles. The molecule has 3 aromatic rings. The summed E-state index contributed by atoms with van der Waals surface area (Å²) in [6, 6.07) is 1.43. The maximum absolute atomic E-state index is 12.8. The lowest BCUT2D eigenvalue weighted by atomic mass is 10.0. The molecule has 1 aliphatic rings. The van der Waals surface area contributed by atoms with Gasteiger partial charge in [0.1, 0.15) is 5.65 Å². The van der Waals surface area contributed by atoms with Crippen molar-refractivity contribution in [1.82, 2.24) is 20.0 Å². The van der Waals surface area contributed by atoms with Gasteiger partial charge in [0.2, 0.25) is 0 Å². The van der Waals surface area contributed by atoms with E-state index in [1.807, 2.05) is 6.92 Å². The van der Waals surface area contributed by atoms with E-state index in [9.17, 15) is 14.7 Å². The summed E-state index contributed by atoms with van der Waals surface area (Å²) in [5, 5.41) is 13.8. The van der Waals surface area contributed by atoms with Crippen LogP contribution in [0, 0.1) is 6.92 Å². The minimum Gasteiger partial charge on any atom is -0.464 e. The number of pyridine rings is 2. The molecule has 1 fully saturated rings. The molecular weight excluding hydrogens is 466 g/mol. The molecular formula is C20H22BrN7O3. The maximum atomic E-state index is 12.8. The lowest BCUT2D eigenvalue weighted by Crippen LogP contribution is -2.53. The van der Waals surface area contributed by atoms with E-state index in [1.54, 1.807) is 24.7 Å². The molecule has 4 heterocycles. The maximum Gasteiger partial charge on any atom is 0.421 e. The Labute approximate surface area is 186 Å². The third-order valence-electron chi connectivity index (χ3n) is 5.34. The standard InChI is InChI=1S/C20H22BrN7O3/c1-11-5-12(7-23-6-11)19(29)26-15-9-25-18-16(15)17(14(21)8-24-18)27-4-2-3-13(10-27)28(22)20(30)31/h5-9,13H,2-4,10,22H2,1H3,(H,24,25)(H,26,29)(H,30,31)/t13-/m1/s1. The van der Waals surface area contributed by atoms with Gasteiger partial charge in [0.25, 0.3) is 5.91 Å². The number of aromatic nitrogens is 3. The number of hydrogen-bond donors (Lipinski definition) is 4. The molecule has 0 bridgehead atoms. The third-order valence-corrected chi connectivity index (χ3v) is 5.92. The van der Waals surface area contributed by atoms with Crippen LogP contribution in [0.2, 0.25) is 0 Å². The number of nitrogens with one attached hydrogen (secondary N) is 2. The zero-order valence-corrected chi connectivity index (χ0v) is 18.4. The summed E-state index contributed by atoms with van der Waals surface area (Å²) in [6.45, 7) is 3.03. The van der Waals surface area contributed by atoms with E-state index in [0.29, 0.717) is 29.9 Å². The first-order valence-corrected chi connectivity index (χ1v) is 10.5. The number of halogens is 1. The molecule has 0 radical (unpaired) electrons. The van der Waals surface area contributed by atoms with Gasteiger partial charge in [-0.3, -0.25) is 9.78 Å². The molecule has 1 atom stereocenters. The van der Waals surface area contributed by atoms with Gasteiger partial charge in [-0.2, -0.15) is 0 Å². The molecule has 1 aliphatic heterocycles. The summed E-state index contributed by atoms with van der Waals surface area (Å²) >= 11 is 3.58. The van der Waals surface area contributed by atoms with E-state index < -0.39 is 6.09 Å². The number of carbonyl (C=O) groups is 2. The number of carboxylic acid groups (broad SMARTS) is 1. The van der Waals surface area contributed by atoms with Crippen LogP contribution in [0.4, 0.5) is 16.2 Å². The highest BCUT2D eigenvalue weighted by Gasteiger charge is 2.29. The van der Waals surface area contributed by atoms with Gasteiger partial charge < -0.3 is 20.3 Å². The lowest BCUT2D eigenvalue weighted by molar-refractivity contribution is 0.102. The molecule has 11 heteroatoms. The second-order valence-corrected chi connectivity index (χ2v) is 8.37. The van der Waals surface area contributed by atoms with Crippen LogP contribution in [0.1, 0.15) is 28.8 Å². The fourth-order valence-electron chi connectivity index (χ4n) is 3.88. The Morgan fingerprint density at radius 1 is 1.39 bits per heavy atom. The number of amides is 2. The number of nitrogens with two attached hydrogens (primary N) is 1.